The third-order valence-electron chi connectivity index (χ3n) is 4.61. The zero-order valence-corrected chi connectivity index (χ0v) is 22.2. The topological polar surface area (TPSA) is 86.8 Å². The van der Waals surface area contributed by atoms with E-state index in [2.05, 4.69) is 34.4 Å². The molecule has 0 bridgehead atoms. The zero-order valence-electron chi connectivity index (χ0n) is 21.4. The molecule has 1 aromatic heterocycles. The van der Waals surface area contributed by atoms with Gasteiger partial charge in [0.05, 0.1) is 30.5 Å². The second-order valence-corrected chi connectivity index (χ2v) is 8.22. The number of thiazole rings is 1. The monoisotopic (exact) mass is 471 g/mol. The molecule has 3 amide bonds. The molecule has 0 aromatic carbocycles. The average molecular weight is 472 g/mol. The summed E-state index contributed by atoms with van der Waals surface area (Å²) in [6.45, 7) is 18.9. The highest BCUT2D eigenvalue weighted by molar-refractivity contribution is 7.09. The van der Waals surface area contributed by atoms with Crippen LogP contribution in [0.1, 0.15) is 71.5 Å². The van der Waals surface area contributed by atoms with Gasteiger partial charge in [0, 0.05) is 44.5 Å². The third-order valence-corrected chi connectivity index (χ3v) is 5.81. The maximum absolute atomic E-state index is 12.6. The molecule has 0 saturated carbocycles. The Balaban J connectivity index is 0.00000227. The largest absolute Gasteiger partial charge is 0.379 e. The van der Waals surface area contributed by atoms with Gasteiger partial charge in [-0.1, -0.05) is 41.5 Å². The van der Waals surface area contributed by atoms with Crippen molar-refractivity contribution in [2.75, 3.05) is 46.4 Å². The van der Waals surface area contributed by atoms with Crippen LogP contribution in [0.3, 0.4) is 0 Å². The predicted molar refractivity (Wildman–Crippen MR) is 133 cm³/mol. The SMILES string of the molecule is CC.CC.CCNC(=O)C(CCN1CCOCC1)NC(=O)N(C)Cc1csc(C(C)C)n1. The van der Waals surface area contributed by atoms with Crippen molar-refractivity contribution in [3.8, 4) is 0 Å². The summed E-state index contributed by atoms with van der Waals surface area (Å²) in [5.41, 5.74) is 0.870. The van der Waals surface area contributed by atoms with Gasteiger partial charge in [0.1, 0.15) is 6.04 Å². The molecule has 2 heterocycles. The number of likely N-dealkylation sites (N-methyl/N-ethyl adjacent to an activating group) is 1. The van der Waals surface area contributed by atoms with Crippen LogP contribution in [0.25, 0.3) is 0 Å². The second kappa shape index (κ2) is 17.8. The van der Waals surface area contributed by atoms with Gasteiger partial charge >= 0.3 is 6.03 Å². The molecule has 1 saturated heterocycles. The summed E-state index contributed by atoms with van der Waals surface area (Å²) < 4.78 is 5.36. The molecule has 2 rings (SSSR count). The van der Waals surface area contributed by atoms with E-state index in [1.807, 2.05) is 40.0 Å². The fourth-order valence-electron chi connectivity index (χ4n) is 2.94. The Morgan fingerprint density at radius 2 is 1.84 bits per heavy atom. The van der Waals surface area contributed by atoms with Crippen molar-refractivity contribution >= 4 is 23.3 Å². The minimum absolute atomic E-state index is 0.145. The van der Waals surface area contributed by atoms with Gasteiger partial charge in [-0.3, -0.25) is 9.69 Å². The Morgan fingerprint density at radius 1 is 1.22 bits per heavy atom. The maximum Gasteiger partial charge on any atom is 0.318 e. The fourth-order valence-corrected chi connectivity index (χ4v) is 3.76. The zero-order chi connectivity index (χ0) is 24.5. The average Bonchev–Trinajstić information content (AvgIpc) is 3.29. The van der Waals surface area contributed by atoms with Crippen molar-refractivity contribution in [1.29, 1.82) is 0 Å². The molecule has 1 aliphatic heterocycles. The van der Waals surface area contributed by atoms with E-state index in [1.165, 1.54) is 0 Å². The van der Waals surface area contributed by atoms with E-state index in [0.717, 1.165) is 30.3 Å². The van der Waals surface area contributed by atoms with Gasteiger partial charge in [0.25, 0.3) is 0 Å². The summed E-state index contributed by atoms with van der Waals surface area (Å²) in [4.78, 5) is 33.4. The van der Waals surface area contributed by atoms with Crippen LogP contribution in [0.2, 0.25) is 0 Å². The predicted octanol–water partition coefficient (Wildman–Crippen LogP) is 3.69. The molecule has 1 aliphatic rings. The molecule has 1 fully saturated rings. The number of carbonyl (C=O) groups is 2. The number of urea groups is 1. The van der Waals surface area contributed by atoms with Crippen molar-refractivity contribution in [3.05, 3.63) is 16.1 Å². The van der Waals surface area contributed by atoms with Crippen LogP contribution in [0.5, 0.6) is 0 Å². The molecule has 8 nitrogen and oxygen atoms in total. The highest BCUT2D eigenvalue weighted by Crippen LogP contribution is 2.19. The van der Waals surface area contributed by atoms with Gasteiger partial charge in [-0.25, -0.2) is 9.78 Å². The summed E-state index contributed by atoms with van der Waals surface area (Å²) in [6.07, 6.45) is 0.569. The van der Waals surface area contributed by atoms with Crippen LogP contribution in [0, 0.1) is 0 Å². The Kier molecular flexibility index (Phi) is 16.8. The molecule has 186 valence electrons. The molecule has 0 spiro atoms. The summed E-state index contributed by atoms with van der Waals surface area (Å²) in [6, 6.07) is -0.822. The van der Waals surface area contributed by atoms with Crippen LogP contribution < -0.4 is 10.6 Å². The lowest BCUT2D eigenvalue weighted by molar-refractivity contribution is -0.123. The van der Waals surface area contributed by atoms with E-state index in [9.17, 15) is 9.59 Å². The number of rotatable bonds is 9. The first-order valence-corrected chi connectivity index (χ1v) is 12.8. The first-order chi connectivity index (χ1) is 15.4. The van der Waals surface area contributed by atoms with Gasteiger partial charge < -0.3 is 20.3 Å². The second-order valence-electron chi connectivity index (χ2n) is 7.33. The summed E-state index contributed by atoms with van der Waals surface area (Å²) >= 11 is 1.61. The number of nitrogens with zero attached hydrogens (tertiary/aromatic N) is 3. The first-order valence-electron chi connectivity index (χ1n) is 11.9. The number of amides is 3. The molecule has 9 heteroatoms. The summed E-state index contributed by atoms with van der Waals surface area (Å²) in [5, 5.41) is 8.75. The quantitative estimate of drug-likeness (QED) is 0.574. The van der Waals surface area contributed by atoms with E-state index < -0.39 is 6.04 Å². The third kappa shape index (κ3) is 11.2. The highest BCUT2D eigenvalue weighted by atomic mass is 32.1. The standard InChI is InChI=1S/C19H33N5O3S.2C2H6/c1-5-20-17(25)16(6-7-24-8-10-27-11-9-24)22-19(26)23(4)12-15-13-28-18(21-15)14(2)3;2*1-2/h13-14,16H,5-12H2,1-4H3,(H,20,25)(H,22,26);2*1-2H3. The Morgan fingerprint density at radius 3 is 2.38 bits per heavy atom. The number of hydrogen-bond donors (Lipinski definition) is 2. The number of morpholine rings is 1. The van der Waals surface area contributed by atoms with Crippen LogP contribution in [0.15, 0.2) is 5.38 Å². The lowest BCUT2D eigenvalue weighted by Crippen LogP contribution is -2.51. The van der Waals surface area contributed by atoms with Crippen molar-refractivity contribution in [1.82, 2.24) is 25.4 Å². The van der Waals surface area contributed by atoms with E-state index in [4.69, 9.17) is 4.74 Å². The lowest BCUT2D eigenvalue weighted by Gasteiger charge is -2.29. The van der Waals surface area contributed by atoms with Gasteiger partial charge in [-0.15, -0.1) is 11.3 Å². The first kappa shape index (κ1) is 30.3. The number of hydrogen-bond acceptors (Lipinski definition) is 6. The van der Waals surface area contributed by atoms with E-state index in [-0.39, 0.29) is 11.9 Å². The normalized spacial score (nSPS) is 14.4. The summed E-state index contributed by atoms with van der Waals surface area (Å²) in [7, 11) is 1.72. The number of carbonyl (C=O) groups excluding carboxylic acids is 2. The molecule has 0 radical (unpaired) electrons. The van der Waals surface area contributed by atoms with Gasteiger partial charge in [-0.05, 0) is 13.3 Å². The number of nitrogens with one attached hydrogen (secondary N) is 2. The lowest BCUT2D eigenvalue weighted by atomic mass is 10.1. The molecule has 1 atom stereocenters. The molecule has 1 unspecified atom stereocenters. The number of ether oxygens (including phenoxy) is 1. The van der Waals surface area contributed by atoms with Crippen molar-refractivity contribution < 1.29 is 14.3 Å². The van der Waals surface area contributed by atoms with Crippen molar-refractivity contribution in [2.24, 2.45) is 0 Å². The maximum atomic E-state index is 12.6. The fraction of sp³-hybridized carbons (Fsp3) is 0.783. The van der Waals surface area contributed by atoms with E-state index in [0.29, 0.717) is 38.6 Å². The van der Waals surface area contributed by atoms with Crippen LogP contribution >= 0.6 is 11.3 Å². The molecule has 2 N–H and O–H groups in total. The van der Waals surface area contributed by atoms with Gasteiger partial charge in [0.2, 0.25) is 5.91 Å². The van der Waals surface area contributed by atoms with Crippen LogP contribution in [-0.4, -0.2) is 79.2 Å². The Labute approximate surface area is 199 Å². The van der Waals surface area contributed by atoms with Gasteiger partial charge in [-0.2, -0.15) is 0 Å². The minimum atomic E-state index is -0.556. The number of aromatic nitrogens is 1. The van der Waals surface area contributed by atoms with Crippen LogP contribution in [0.4, 0.5) is 4.79 Å². The molecular formula is C23H45N5O3S. The molecule has 0 aliphatic carbocycles. The van der Waals surface area contributed by atoms with E-state index >= 15 is 0 Å². The highest BCUT2D eigenvalue weighted by Gasteiger charge is 2.23. The smallest absolute Gasteiger partial charge is 0.318 e. The molecule has 32 heavy (non-hydrogen) atoms. The van der Waals surface area contributed by atoms with Crippen molar-refractivity contribution in [2.45, 2.75) is 73.4 Å². The minimum Gasteiger partial charge on any atom is -0.379 e. The Bertz CT molecular complexity index is 633. The van der Waals surface area contributed by atoms with Crippen LogP contribution in [-0.2, 0) is 16.1 Å². The van der Waals surface area contributed by atoms with Gasteiger partial charge in [0.15, 0.2) is 0 Å². The summed E-state index contributed by atoms with van der Waals surface area (Å²) in [5.74, 6) is 0.230. The Hall–Kier alpha value is -1.71. The van der Waals surface area contributed by atoms with E-state index in [1.54, 1.807) is 23.3 Å². The molecular weight excluding hydrogens is 426 g/mol. The van der Waals surface area contributed by atoms with Crippen molar-refractivity contribution in [3.63, 3.8) is 0 Å². The molecule has 1 aromatic rings.